The van der Waals surface area contributed by atoms with Gasteiger partial charge in [0.15, 0.2) is 11.2 Å². The predicted octanol–water partition coefficient (Wildman–Crippen LogP) is 5.25. The van der Waals surface area contributed by atoms with E-state index < -0.39 is 35.1 Å². The van der Waals surface area contributed by atoms with E-state index in [1.165, 1.54) is 6.07 Å². The van der Waals surface area contributed by atoms with Crippen molar-refractivity contribution >= 4 is 17.5 Å². The van der Waals surface area contributed by atoms with Gasteiger partial charge in [0.05, 0.1) is 18.2 Å². The number of benzene rings is 3. The molecule has 2 aliphatic rings. The minimum absolute atomic E-state index is 0.0333. The van der Waals surface area contributed by atoms with E-state index >= 15 is 4.39 Å². The van der Waals surface area contributed by atoms with E-state index in [-0.39, 0.29) is 11.3 Å². The molecule has 1 saturated heterocycles. The van der Waals surface area contributed by atoms with Crippen LogP contribution in [0.4, 0.5) is 14.5 Å². The van der Waals surface area contributed by atoms with Gasteiger partial charge >= 0.3 is 0 Å². The van der Waals surface area contributed by atoms with Gasteiger partial charge in [-0.2, -0.15) is 10.5 Å². The lowest BCUT2D eigenvalue weighted by molar-refractivity contribution is 0.0950. The van der Waals surface area contributed by atoms with Gasteiger partial charge in [0.2, 0.25) is 0 Å². The second-order valence-electron chi connectivity index (χ2n) is 8.18. The Labute approximate surface area is 189 Å². The standard InChI is InChI=1S/C27H17F2N3O/c28-19-11-12-20(21(29)14-19)24-25(26(33)18-7-2-1-3-8-18)32-22-9-5-4-6-17(22)10-13-23(32)27(24,15-30)16-31/h1-14,23-25H/t23-,24?,25+/m1/s1. The third kappa shape index (κ3) is 2.96. The molecule has 33 heavy (non-hydrogen) atoms. The fourth-order valence-corrected chi connectivity index (χ4v) is 5.10. The molecular formula is C27H17F2N3O. The monoisotopic (exact) mass is 437 g/mol. The first-order valence-electron chi connectivity index (χ1n) is 10.4. The zero-order chi connectivity index (χ0) is 23.2. The van der Waals surface area contributed by atoms with Crippen molar-refractivity contribution in [3.63, 3.8) is 0 Å². The number of carbonyl (C=O) groups is 1. The van der Waals surface area contributed by atoms with Gasteiger partial charge in [0.25, 0.3) is 0 Å². The Morgan fingerprint density at radius 3 is 2.33 bits per heavy atom. The minimum atomic E-state index is -1.78. The first kappa shape index (κ1) is 20.6. The molecule has 2 aliphatic heterocycles. The van der Waals surface area contributed by atoms with Crippen molar-refractivity contribution < 1.29 is 13.6 Å². The van der Waals surface area contributed by atoms with Crippen LogP contribution in [0.3, 0.4) is 0 Å². The largest absolute Gasteiger partial charge is 0.351 e. The molecule has 2 heterocycles. The topological polar surface area (TPSA) is 67.9 Å². The Morgan fingerprint density at radius 2 is 1.64 bits per heavy atom. The number of nitrogens with zero attached hydrogens (tertiary/aromatic N) is 3. The van der Waals surface area contributed by atoms with Crippen molar-refractivity contribution in [1.82, 2.24) is 0 Å². The molecule has 6 heteroatoms. The Morgan fingerprint density at radius 1 is 0.939 bits per heavy atom. The zero-order valence-corrected chi connectivity index (χ0v) is 17.3. The third-order valence-electron chi connectivity index (χ3n) is 6.54. The number of hydrogen-bond acceptors (Lipinski definition) is 4. The van der Waals surface area contributed by atoms with Crippen molar-refractivity contribution in [3.05, 3.63) is 107 Å². The van der Waals surface area contributed by atoms with Crippen LogP contribution in [0.25, 0.3) is 6.08 Å². The van der Waals surface area contributed by atoms with Crippen molar-refractivity contribution in [2.45, 2.75) is 18.0 Å². The van der Waals surface area contributed by atoms with E-state index in [1.807, 2.05) is 30.3 Å². The van der Waals surface area contributed by atoms with Crippen molar-refractivity contribution in [2.24, 2.45) is 5.41 Å². The molecule has 4 nitrogen and oxygen atoms in total. The molecule has 3 aromatic rings. The van der Waals surface area contributed by atoms with Gasteiger partial charge in [-0.1, -0.05) is 66.7 Å². The average Bonchev–Trinajstić information content (AvgIpc) is 3.15. The minimum Gasteiger partial charge on any atom is -0.351 e. The van der Waals surface area contributed by atoms with Gasteiger partial charge in [-0.3, -0.25) is 4.79 Å². The van der Waals surface area contributed by atoms with Crippen LogP contribution in [0.15, 0.2) is 78.9 Å². The number of fused-ring (bicyclic) bond motifs is 3. The van der Waals surface area contributed by atoms with E-state index in [9.17, 15) is 19.7 Å². The highest BCUT2D eigenvalue weighted by Crippen LogP contribution is 2.55. The van der Waals surface area contributed by atoms with Crippen LogP contribution < -0.4 is 4.90 Å². The van der Waals surface area contributed by atoms with Gasteiger partial charge in [-0.15, -0.1) is 0 Å². The van der Waals surface area contributed by atoms with Gasteiger partial charge in [0, 0.05) is 23.2 Å². The highest BCUT2D eigenvalue weighted by molar-refractivity contribution is 6.04. The van der Waals surface area contributed by atoms with Crippen LogP contribution >= 0.6 is 0 Å². The molecule has 0 N–H and O–H groups in total. The van der Waals surface area contributed by atoms with Crippen molar-refractivity contribution in [3.8, 4) is 12.1 Å². The number of Topliss-reactive ketones (excluding diaryl/α,β-unsaturated/α-hetero) is 1. The molecule has 3 aromatic carbocycles. The zero-order valence-electron chi connectivity index (χ0n) is 17.3. The van der Waals surface area contributed by atoms with E-state index in [0.717, 1.165) is 17.7 Å². The summed E-state index contributed by atoms with van der Waals surface area (Å²) in [6.07, 6.45) is 3.54. The fourth-order valence-electron chi connectivity index (χ4n) is 5.10. The molecule has 0 radical (unpaired) electrons. The molecule has 0 aromatic heterocycles. The van der Waals surface area contributed by atoms with Crippen molar-refractivity contribution in [2.75, 3.05) is 4.90 Å². The summed E-state index contributed by atoms with van der Waals surface area (Å²) in [7, 11) is 0. The predicted molar refractivity (Wildman–Crippen MR) is 119 cm³/mol. The number of ketones is 1. The van der Waals surface area contributed by atoms with Crippen LogP contribution in [0, 0.1) is 39.7 Å². The quantitative estimate of drug-likeness (QED) is 0.525. The average molecular weight is 437 g/mol. The fraction of sp³-hybridized carbons (Fsp3) is 0.148. The summed E-state index contributed by atoms with van der Waals surface area (Å²) in [5.74, 6) is -3.16. The second kappa shape index (κ2) is 7.69. The molecule has 0 saturated carbocycles. The molecule has 1 unspecified atom stereocenters. The highest BCUT2D eigenvalue weighted by atomic mass is 19.1. The van der Waals surface area contributed by atoms with Gasteiger partial charge < -0.3 is 4.90 Å². The Hall–Kier alpha value is -4.29. The normalized spacial score (nSPS) is 22.1. The van der Waals surface area contributed by atoms with Gasteiger partial charge in [-0.05, 0) is 23.3 Å². The summed E-state index contributed by atoms with van der Waals surface area (Å²) in [5.41, 5.74) is 0.0722. The summed E-state index contributed by atoms with van der Waals surface area (Å²) < 4.78 is 28.9. The van der Waals surface area contributed by atoms with Crippen LogP contribution in [0.5, 0.6) is 0 Å². The molecule has 3 atom stereocenters. The summed E-state index contributed by atoms with van der Waals surface area (Å²) in [5, 5.41) is 20.6. The third-order valence-corrected chi connectivity index (χ3v) is 6.54. The molecule has 1 fully saturated rings. The number of para-hydroxylation sites is 1. The molecule has 5 rings (SSSR count). The smallest absolute Gasteiger partial charge is 0.185 e. The number of halogens is 2. The Kier molecular flexibility index (Phi) is 4.80. The lowest BCUT2D eigenvalue weighted by atomic mass is 9.69. The van der Waals surface area contributed by atoms with Crippen LogP contribution in [0.2, 0.25) is 0 Å². The van der Waals surface area contributed by atoms with Gasteiger partial charge in [0.1, 0.15) is 17.7 Å². The van der Waals surface area contributed by atoms with Gasteiger partial charge in [-0.25, -0.2) is 8.78 Å². The van der Waals surface area contributed by atoms with Crippen LogP contribution in [-0.4, -0.2) is 17.9 Å². The lowest BCUT2D eigenvalue weighted by Gasteiger charge is -2.35. The van der Waals surface area contributed by atoms with Crippen LogP contribution in [0.1, 0.15) is 27.4 Å². The lowest BCUT2D eigenvalue weighted by Crippen LogP contribution is -2.44. The Bertz CT molecular complexity index is 1360. The van der Waals surface area contributed by atoms with E-state index in [1.54, 1.807) is 41.3 Å². The maximum absolute atomic E-state index is 15.1. The van der Waals surface area contributed by atoms with Crippen LogP contribution in [-0.2, 0) is 0 Å². The summed E-state index contributed by atoms with van der Waals surface area (Å²) in [6.45, 7) is 0. The summed E-state index contributed by atoms with van der Waals surface area (Å²) in [4.78, 5) is 15.7. The van der Waals surface area contributed by atoms with Crippen molar-refractivity contribution in [1.29, 1.82) is 10.5 Å². The Balaban J connectivity index is 1.81. The molecular weight excluding hydrogens is 420 g/mol. The maximum Gasteiger partial charge on any atom is 0.185 e. The first-order chi connectivity index (χ1) is 16.0. The molecule has 0 spiro atoms. The molecule has 160 valence electrons. The number of rotatable bonds is 3. The molecule has 0 aliphatic carbocycles. The van der Waals surface area contributed by atoms with E-state index in [2.05, 4.69) is 12.1 Å². The number of anilines is 1. The van der Waals surface area contributed by atoms with E-state index in [0.29, 0.717) is 11.3 Å². The molecule has 0 bridgehead atoms. The van der Waals surface area contributed by atoms with E-state index in [4.69, 9.17) is 0 Å². The maximum atomic E-state index is 15.1. The molecule has 0 amide bonds. The summed E-state index contributed by atoms with van der Waals surface area (Å²) >= 11 is 0. The SMILES string of the molecule is N#CC1(C#N)C(c2ccc(F)cc2F)[C@@H](C(=O)c2ccccc2)N2c3ccccc3C=C[C@@H]21. The highest BCUT2D eigenvalue weighted by Gasteiger charge is 2.63. The number of hydrogen-bond donors (Lipinski definition) is 0. The number of carbonyl (C=O) groups excluding carboxylic acids is 1. The summed E-state index contributed by atoms with van der Waals surface area (Å²) in [6, 6.07) is 21.3. The second-order valence-corrected chi connectivity index (χ2v) is 8.18. The number of nitriles is 2. The first-order valence-corrected chi connectivity index (χ1v) is 10.4.